The normalized spacial score (nSPS) is 9.72. The van der Waals surface area contributed by atoms with E-state index in [-0.39, 0.29) is 17.9 Å². The van der Waals surface area contributed by atoms with Gasteiger partial charge in [0.05, 0.1) is 12.9 Å². The molecule has 1 aromatic heterocycles. The van der Waals surface area contributed by atoms with E-state index in [0.717, 1.165) is 0 Å². The van der Waals surface area contributed by atoms with Crippen LogP contribution in [-0.2, 0) is 6.54 Å². The summed E-state index contributed by atoms with van der Waals surface area (Å²) < 4.78 is 14.4. The second kappa shape index (κ2) is 4.56. The fraction of sp³-hybridized carbons (Fsp3) is 0.0833. The summed E-state index contributed by atoms with van der Waals surface area (Å²) in [6, 6.07) is 7.78. The van der Waals surface area contributed by atoms with Crippen molar-refractivity contribution in [2.45, 2.75) is 6.54 Å². The number of hydrogen-bond donors (Lipinski definition) is 1. The summed E-state index contributed by atoms with van der Waals surface area (Å²) >= 11 is 0. The molecule has 6 heteroatoms. The molecule has 0 spiro atoms. The van der Waals surface area contributed by atoms with Crippen LogP contribution in [0.15, 0.2) is 24.5 Å². The molecular formula is C12H8FN5. The van der Waals surface area contributed by atoms with E-state index in [1.165, 1.54) is 29.1 Å². The largest absolute Gasteiger partial charge is 0.398 e. The highest BCUT2D eigenvalue weighted by Gasteiger charge is 2.11. The Morgan fingerprint density at radius 1 is 1.33 bits per heavy atom. The van der Waals surface area contributed by atoms with Gasteiger partial charge in [0.15, 0.2) is 11.4 Å². The van der Waals surface area contributed by atoms with Crippen molar-refractivity contribution in [1.29, 1.82) is 10.5 Å². The lowest BCUT2D eigenvalue weighted by atomic mass is 10.1. The molecule has 5 nitrogen and oxygen atoms in total. The first-order valence-corrected chi connectivity index (χ1v) is 5.05. The van der Waals surface area contributed by atoms with Crippen LogP contribution in [0.3, 0.4) is 0 Å². The Balaban J connectivity index is 2.38. The summed E-state index contributed by atoms with van der Waals surface area (Å²) in [7, 11) is 0. The molecule has 0 unspecified atom stereocenters. The number of hydrogen-bond acceptors (Lipinski definition) is 4. The van der Waals surface area contributed by atoms with E-state index in [0.29, 0.717) is 11.3 Å². The number of nitrogen functional groups attached to an aromatic ring is 1. The Morgan fingerprint density at radius 3 is 2.72 bits per heavy atom. The van der Waals surface area contributed by atoms with Crippen LogP contribution in [0, 0.1) is 28.5 Å². The number of halogens is 1. The second-order valence-electron chi connectivity index (χ2n) is 3.64. The van der Waals surface area contributed by atoms with E-state index in [2.05, 4.69) is 4.98 Å². The van der Waals surface area contributed by atoms with Crippen LogP contribution >= 0.6 is 0 Å². The van der Waals surface area contributed by atoms with Crippen molar-refractivity contribution in [3.05, 3.63) is 47.3 Å². The number of nitrogens with zero attached hydrogens (tertiary/aromatic N) is 4. The molecule has 2 N–H and O–H groups in total. The Labute approximate surface area is 103 Å². The summed E-state index contributed by atoms with van der Waals surface area (Å²) in [4.78, 5) is 3.81. The molecule has 18 heavy (non-hydrogen) atoms. The molecule has 1 aromatic carbocycles. The zero-order valence-corrected chi connectivity index (χ0v) is 9.26. The van der Waals surface area contributed by atoms with Crippen molar-refractivity contribution in [1.82, 2.24) is 9.55 Å². The van der Waals surface area contributed by atoms with Crippen molar-refractivity contribution >= 4 is 5.69 Å². The molecule has 0 radical (unpaired) electrons. The number of aromatic nitrogens is 2. The molecule has 0 aliphatic rings. The van der Waals surface area contributed by atoms with Crippen LogP contribution < -0.4 is 5.73 Å². The molecule has 0 bridgehead atoms. The van der Waals surface area contributed by atoms with Gasteiger partial charge in [-0.1, -0.05) is 6.07 Å². The molecule has 0 saturated heterocycles. The van der Waals surface area contributed by atoms with Crippen molar-refractivity contribution in [3.8, 4) is 12.1 Å². The van der Waals surface area contributed by atoms with Gasteiger partial charge in [-0.15, -0.1) is 0 Å². The van der Waals surface area contributed by atoms with Gasteiger partial charge in [-0.05, 0) is 17.7 Å². The highest BCUT2D eigenvalue weighted by molar-refractivity contribution is 5.47. The van der Waals surface area contributed by atoms with E-state index in [1.54, 1.807) is 0 Å². The first kappa shape index (κ1) is 11.6. The Bertz CT molecular complexity index is 675. The third-order valence-electron chi connectivity index (χ3n) is 2.50. The van der Waals surface area contributed by atoms with Gasteiger partial charge in [0.1, 0.15) is 18.0 Å². The van der Waals surface area contributed by atoms with Crippen molar-refractivity contribution in [3.63, 3.8) is 0 Å². The average Bonchev–Trinajstić information content (AvgIpc) is 2.74. The van der Waals surface area contributed by atoms with Crippen molar-refractivity contribution in [2.24, 2.45) is 0 Å². The van der Waals surface area contributed by atoms with Crippen molar-refractivity contribution in [2.75, 3.05) is 5.73 Å². The van der Waals surface area contributed by atoms with E-state index in [9.17, 15) is 4.39 Å². The Morgan fingerprint density at radius 2 is 2.11 bits per heavy atom. The lowest BCUT2D eigenvalue weighted by Gasteiger charge is -2.07. The highest BCUT2D eigenvalue weighted by Crippen LogP contribution is 2.16. The van der Waals surface area contributed by atoms with Crippen LogP contribution in [0.4, 0.5) is 10.1 Å². The molecule has 0 fully saturated rings. The van der Waals surface area contributed by atoms with Crippen molar-refractivity contribution < 1.29 is 4.39 Å². The fourth-order valence-corrected chi connectivity index (χ4v) is 1.59. The van der Waals surface area contributed by atoms with E-state index >= 15 is 0 Å². The first-order chi connectivity index (χ1) is 8.65. The maximum Gasteiger partial charge on any atom is 0.176 e. The van der Waals surface area contributed by atoms with Gasteiger partial charge >= 0.3 is 0 Å². The number of imidazole rings is 1. The molecule has 0 aliphatic carbocycles. The van der Waals surface area contributed by atoms with Crippen LogP contribution in [-0.4, -0.2) is 9.55 Å². The summed E-state index contributed by atoms with van der Waals surface area (Å²) in [5.74, 6) is -0.417. The van der Waals surface area contributed by atoms with Gasteiger partial charge in [0.25, 0.3) is 0 Å². The number of nitriles is 2. The highest BCUT2D eigenvalue weighted by atomic mass is 19.1. The maximum atomic E-state index is 12.9. The third-order valence-corrected chi connectivity index (χ3v) is 2.50. The van der Waals surface area contributed by atoms with Gasteiger partial charge in [-0.2, -0.15) is 10.5 Å². The second-order valence-corrected chi connectivity index (χ2v) is 3.64. The van der Waals surface area contributed by atoms with E-state index in [1.807, 2.05) is 12.1 Å². The number of rotatable bonds is 2. The quantitative estimate of drug-likeness (QED) is 0.804. The Kier molecular flexibility index (Phi) is 2.94. The van der Waals surface area contributed by atoms with Crippen LogP contribution in [0.5, 0.6) is 0 Å². The Hall–Kier alpha value is -2.86. The number of anilines is 1. The predicted octanol–water partition coefficient (Wildman–Crippen LogP) is 1.40. The van der Waals surface area contributed by atoms with Crippen LogP contribution in [0.1, 0.15) is 17.0 Å². The van der Waals surface area contributed by atoms with Gasteiger partial charge in [-0.3, -0.25) is 0 Å². The monoisotopic (exact) mass is 241 g/mol. The lowest BCUT2D eigenvalue weighted by Crippen LogP contribution is -2.04. The number of nitrogens with two attached hydrogens (primary N) is 1. The number of benzene rings is 1. The van der Waals surface area contributed by atoms with Gasteiger partial charge in [0.2, 0.25) is 0 Å². The fourth-order valence-electron chi connectivity index (χ4n) is 1.59. The SMILES string of the molecule is N#Cc1ncn(Cc2ccc(F)cc2N)c1C#N. The standard InChI is InChI=1S/C12H8FN5/c13-9-2-1-8(10(16)3-9)6-18-7-17-11(4-14)12(18)5-15/h1-3,7H,6,16H2. The summed E-state index contributed by atoms with van der Waals surface area (Å²) in [6.45, 7) is 0.268. The molecule has 88 valence electrons. The van der Waals surface area contributed by atoms with Crippen LogP contribution in [0.2, 0.25) is 0 Å². The zero-order valence-electron chi connectivity index (χ0n) is 9.26. The minimum Gasteiger partial charge on any atom is -0.398 e. The van der Waals surface area contributed by atoms with Gasteiger partial charge in [-0.25, -0.2) is 9.37 Å². The summed E-state index contributed by atoms with van der Waals surface area (Å²) in [5.41, 5.74) is 6.87. The molecule has 0 atom stereocenters. The predicted molar refractivity (Wildman–Crippen MR) is 61.6 cm³/mol. The molecule has 2 aromatic rings. The van der Waals surface area contributed by atoms with E-state index < -0.39 is 5.82 Å². The van der Waals surface area contributed by atoms with E-state index in [4.69, 9.17) is 16.3 Å². The average molecular weight is 241 g/mol. The van der Waals surface area contributed by atoms with Crippen LogP contribution in [0.25, 0.3) is 0 Å². The summed E-state index contributed by atoms with van der Waals surface area (Å²) in [5, 5.41) is 17.7. The molecule has 0 aliphatic heterocycles. The first-order valence-electron chi connectivity index (χ1n) is 5.05. The van der Waals surface area contributed by atoms with Gasteiger partial charge < -0.3 is 10.3 Å². The zero-order chi connectivity index (χ0) is 13.1. The molecule has 1 heterocycles. The molecule has 0 saturated carbocycles. The summed E-state index contributed by atoms with van der Waals surface area (Å²) in [6.07, 6.45) is 1.39. The minimum absolute atomic E-state index is 0.0678. The maximum absolute atomic E-state index is 12.9. The van der Waals surface area contributed by atoms with Gasteiger partial charge in [0, 0.05) is 5.69 Å². The molecule has 2 rings (SSSR count). The molecular weight excluding hydrogens is 233 g/mol. The topological polar surface area (TPSA) is 91.4 Å². The molecule has 0 amide bonds. The third kappa shape index (κ3) is 2.00. The smallest absolute Gasteiger partial charge is 0.176 e. The minimum atomic E-state index is -0.417. The lowest BCUT2D eigenvalue weighted by molar-refractivity contribution is 0.627.